The molecule has 28 heavy (non-hydrogen) atoms. The van der Waals surface area contributed by atoms with E-state index in [0.717, 1.165) is 11.1 Å². The van der Waals surface area contributed by atoms with E-state index in [1.165, 1.54) is 12.0 Å². The van der Waals surface area contributed by atoms with Gasteiger partial charge in [-0.15, -0.1) is 6.58 Å². The third-order valence-corrected chi connectivity index (χ3v) is 6.98. The SMILES string of the molecule is C=CCc1cc(C[NH+]2CCN(S(=O)(=O)c3ccccc3)CC2)c(O)c(OC)c1. The van der Waals surface area contributed by atoms with Crippen LogP contribution in [0.3, 0.4) is 0 Å². The molecule has 1 aliphatic rings. The van der Waals surface area contributed by atoms with Crippen molar-refractivity contribution < 1.29 is 23.2 Å². The molecule has 1 heterocycles. The average Bonchev–Trinajstić information content (AvgIpc) is 2.71. The number of quaternary nitrogens is 1. The van der Waals surface area contributed by atoms with Crippen LogP contribution in [0.25, 0.3) is 0 Å². The topological polar surface area (TPSA) is 71.3 Å². The van der Waals surface area contributed by atoms with E-state index in [9.17, 15) is 13.5 Å². The number of piperazine rings is 1. The fourth-order valence-electron chi connectivity index (χ4n) is 3.53. The van der Waals surface area contributed by atoms with Crippen molar-refractivity contribution in [1.29, 1.82) is 0 Å². The van der Waals surface area contributed by atoms with Gasteiger partial charge in [0.05, 0.1) is 43.7 Å². The first-order valence-electron chi connectivity index (χ1n) is 9.34. The molecular weight excluding hydrogens is 376 g/mol. The van der Waals surface area contributed by atoms with E-state index in [-0.39, 0.29) is 5.75 Å². The van der Waals surface area contributed by atoms with E-state index in [1.807, 2.05) is 24.3 Å². The Morgan fingerprint density at radius 2 is 1.89 bits per heavy atom. The van der Waals surface area contributed by atoms with Crippen LogP contribution >= 0.6 is 0 Å². The Labute approximate surface area is 166 Å². The van der Waals surface area contributed by atoms with Crippen molar-refractivity contribution >= 4 is 10.0 Å². The molecule has 0 amide bonds. The van der Waals surface area contributed by atoms with Crippen molar-refractivity contribution in [1.82, 2.24) is 4.31 Å². The predicted octanol–water partition coefficient (Wildman–Crippen LogP) is 1.22. The summed E-state index contributed by atoms with van der Waals surface area (Å²) < 4.78 is 32.3. The van der Waals surface area contributed by atoms with E-state index in [2.05, 4.69) is 6.58 Å². The lowest BCUT2D eigenvalue weighted by Gasteiger charge is -2.31. The lowest BCUT2D eigenvalue weighted by atomic mass is 10.1. The molecule has 0 saturated carbocycles. The number of rotatable bonds is 7. The van der Waals surface area contributed by atoms with Gasteiger partial charge in [-0.3, -0.25) is 0 Å². The van der Waals surface area contributed by atoms with Gasteiger partial charge in [-0.25, -0.2) is 8.42 Å². The number of hydrogen-bond donors (Lipinski definition) is 2. The molecule has 0 radical (unpaired) electrons. The molecule has 1 fully saturated rings. The summed E-state index contributed by atoms with van der Waals surface area (Å²) in [6.45, 7) is 6.65. The molecule has 0 unspecified atom stereocenters. The maximum Gasteiger partial charge on any atom is 0.243 e. The maximum atomic E-state index is 12.8. The number of aromatic hydroxyl groups is 1. The monoisotopic (exact) mass is 403 g/mol. The van der Waals surface area contributed by atoms with E-state index >= 15 is 0 Å². The van der Waals surface area contributed by atoms with Gasteiger partial charge >= 0.3 is 0 Å². The van der Waals surface area contributed by atoms with Gasteiger partial charge in [-0.2, -0.15) is 4.31 Å². The predicted molar refractivity (Wildman–Crippen MR) is 108 cm³/mol. The second-order valence-corrected chi connectivity index (χ2v) is 8.88. The summed E-state index contributed by atoms with van der Waals surface area (Å²) in [5.41, 5.74) is 1.84. The zero-order chi connectivity index (χ0) is 20.1. The zero-order valence-electron chi connectivity index (χ0n) is 16.1. The minimum Gasteiger partial charge on any atom is -0.504 e. The third-order valence-electron chi connectivity index (χ3n) is 5.06. The Morgan fingerprint density at radius 3 is 2.50 bits per heavy atom. The fraction of sp³-hybridized carbons (Fsp3) is 0.333. The second kappa shape index (κ2) is 8.77. The van der Waals surface area contributed by atoms with E-state index in [1.54, 1.807) is 28.6 Å². The summed E-state index contributed by atoms with van der Waals surface area (Å²) >= 11 is 0. The van der Waals surface area contributed by atoms with Crippen LogP contribution in [0.2, 0.25) is 0 Å². The van der Waals surface area contributed by atoms with Crippen molar-refractivity contribution in [2.75, 3.05) is 33.3 Å². The molecule has 1 aliphatic heterocycles. The smallest absolute Gasteiger partial charge is 0.243 e. The van der Waals surface area contributed by atoms with Crippen LogP contribution in [0.15, 0.2) is 60.0 Å². The Hall–Kier alpha value is -2.35. The third kappa shape index (κ3) is 4.38. The van der Waals surface area contributed by atoms with Crippen LogP contribution in [0.1, 0.15) is 11.1 Å². The van der Waals surface area contributed by atoms with Gasteiger partial charge in [-0.1, -0.05) is 24.3 Å². The lowest BCUT2D eigenvalue weighted by molar-refractivity contribution is -0.917. The first kappa shape index (κ1) is 20.4. The summed E-state index contributed by atoms with van der Waals surface area (Å²) in [6.07, 6.45) is 2.51. The minimum atomic E-state index is -3.45. The fourth-order valence-corrected chi connectivity index (χ4v) is 5.00. The number of hydrogen-bond acceptors (Lipinski definition) is 4. The molecule has 0 spiro atoms. The summed E-state index contributed by atoms with van der Waals surface area (Å²) in [7, 11) is -1.91. The molecule has 0 bridgehead atoms. The normalized spacial score (nSPS) is 16.0. The Balaban J connectivity index is 1.69. The number of methoxy groups -OCH3 is 1. The second-order valence-electron chi connectivity index (χ2n) is 6.94. The first-order chi connectivity index (χ1) is 13.5. The summed E-state index contributed by atoms with van der Waals surface area (Å²) in [6, 6.07) is 12.3. The number of phenolic OH excluding ortho intramolecular Hbond substituents is 1. The molecule has 150 valence electrons. The van der Waals surface area contributed by atoms with Gasteiger partial charge in [-0.05, 0) is 36.2 Å². The minimum absolute atomic E-state index is 0.155. The highest BCUT2D eigenvalue weighted by molar-refractivity contribution is 7.89. The maximum absolute atomic E-state index is 12.8. The van der Waals surface area contributed by atoms with Crippen molar-refractivity contribution in [3.63, 3.8) is 0 Å². The molecular formula is C21H27N2O4S+. The number of nitrogens with one attached hydrogen (secondary N) is 1. The highest BCUT2D eigenvalue weighted by Crippen LogP contribution is 2.31. The standard InChI is InChI=1S/C21H26N2O4S/c1-3-7-17-14-18(21(24)20(15-17)27-2)16-22-10-12-23(13-11-22)28(25,26)19-8-5-4-6-9-19/h3-6,8-9,14-15,24H,1,7,10-13,16H2,2H3/p+1. The highest BCUT2D eigenvalue weighted by atomic mass is 32.2. The van der Waals surface area contributed by atoms with Crippen molar-refractivity contribution in [2.45, 2.75) is 17.9 Å². The van der Waals surface area contributed by atoms with E-state index in [0.29, 0.717) is 49.8 Å². The number of phenols is 1. The lowest BCUT2D eigenvalue weighted by Crippen LogP contribution is -3.13. The van der Waals surface area contributed by atoms with Crippen LogP contribution in [0.4, 0.5) is 0 Å². The molecule has 0 aromatic heterocycles. The molecule has 0 aliphatic carbocycles. The molecule has 1 saturated heterocycles. The molecule has 2 N–H and O–H groups in total. The van der Waals surface area contributed by atoms with Gasteiger partial charge in [0.1, 0.15) is 6.54 Å². The first-order valence-corrected chi connectivity index (χ1v) is 10.8. The van der Waals surface area contributed by atoms with E-state index in [4.69, 9.17) is 4.74 Å². The number of allylic oxidation sites excluding steroid dienone is 1. The quantitative estimate of drug-likeness (QED) is 0.682. The Kier molecular flexibility index (Phi) is 6.39. The molecule has 0 atom stereocenters. The molecule has 6 nitrogen and oxygen atoms in total. The molecule has 7 heteroatoms. The van der Waals surface area contributed by atoms with Gasteiger partial charge in [0, 0.05) is 0 Å². The van der Waals surface area contributed by atoms with E-state index < -0.39 is 10.0 Å². The zero-order valence-corrected chi connectivity index (χ0v) is 16.9. The van der Waals surface area contributed by atoms with Crippen LogP contribution in [-0.2, 0) is 23.0 Å². The van der Waals surface area contributed by atoms with Crippen LogP contribution < -0.4 is 9.64 Å². The molecule has 2 aromatic carbocycles. The number of sulfonamides is 1. The van der Waals surface area contributed by atoms with Gasteiger partial charge in [0.2, 0.25) is 10.0 Å². The highest BCUT2D eigenvalue weighted by Gasteiger charge is 2.30. The van der Waals surface area contributed by atoms with Gasteiger partial charge in [0.25, 0.3) is 0 Å². The number of benzene rings is 2. The molecule has 3 rings (SSSR count). The average molecular weight is 404 g/mol. The van der Waals surface area contributed by atoms with Crippen LogP contribution in [-0.4, -0.2) is 51.1 Å². The summed E-state index contributed by atoms with van der Waals surface area (Å²) in [5, 5.41) is 10.5. The van der Waals surface area contributed by atoms with Crippen LogP contribution in [0, 0.1) is 0 Å². The van der Waals surface area contributed by atoms with Gasteiger partial charge in [0.15, 0.2) is 11.5 Å². The summed E-state index contributed by atoms with van der Waals surface area (Å²) in [5.74, 6) is 0.612. The number of nitrogens with zero attached hydrogens (tertiary/aromatic N) is 1. The van der Waals surface area contributed by atoms with Crippen molar-refractivity contribution in [3.05, 3.63) is 66.2 Å². The Bertz CT molecular complexity index is 921. The largest absolute Gasteiger partial charge is 0.504 e. The van der Waals surface area contributed by atoms with Gasteiger partial charge < -0.3 is 14.7 Å². The summed E-state index contributed by atoms with van der Waals surface area (Å²) in [4.78, 5) is 1.56. The van der Waals surface area contributed by atoms with Crippen molar-refractivity contribution in [2.24, 2.45) is 0 Å². The number of ether oxygens (including phenoxy) is 1. The van der Waals surface area contributed by atoms with Crippen LogP contribution in [0.5, 0.6) is 11.5 Å². The molecule has 2 aromatic rings. The van der Waals surface area contributed by atoms with Crippen molar-refractivity contribution in [3.8, 4) is 11.5 Å². The Morgan fingerprint density at radius 1 is 1.21 bits per heavy atom.